The number of amidine groups is 1. The van der Waals surface area contributed by atoms with Crippen molar-refractivity contribution in [2.75, 3.05) is 25.1 Å². The van der Waals surface area contributed by atoms with Crippen LogP contribution in [0.3, 0.4) is 0 Å². The molecule has 1 aliphatic heterocycles. The zero-order valence-electron chi connectivity index (χ0n) is 9.93. The summed E-state index contributed by atoms with van der Waals surface area (Å²) in [6.45, 7) is 2.25. The van der Waals surface area contributed by atoms with Crippen molar-refractivity contribution in [1.82, 2.24) is 4.90 Å². The molecule has 0 amide bonds. The fourth-order valence-corrected chi connectivity index (χ4v) is 2.53. The summed E-state index contributed by atoms with van der Waals surface area (Å²) in [5.74, 6) is 2.19. The standard InChI is InChI=1S/C12H24N2S/c1-15-11-7-3-2-5-9-14-10-6-4-8-12(14)13/h13H,2-11H2,1H3. The van der Waals surface area contributed by atoms with Crippen molar-refractivity contribution in [3.05, 3.63) is 0 Å². The van der Waals surface area contributed by atoms with Crippen LogP contribution in [0.15, 0.2) is 0 Å². The fourth-order valence-electron chi connectivity index (χ4n) is 2.04. The molecule has 0 aliphatic carbocycles. The highest BCUT2D eigenvalue weighted by molar-refractivity contribution is 7.98. The number of unbranched alkanes of at least 4 members (excludes halogenated alkanes) is 3. The Morgan fingerprint density at radius 3 is 2.73 bits per heavy atom. The normalized spacial score (nSPS) is 17.1. The topological polar surface area (TPSA) is 27.1 Å². The number of piperidine rings is 1. The van der Waals surface area contributed by atoms with Crippen LogP contribution in [-0.4, -0.2) is 35.8 Å². The van der Waals surface area contributed by atoms with Gasteiger partial charge in [-0.3, -0.25) is 5.41 Å². The number of rotatable bonds is 7. The number of nitrogens with zero attached hydrogens (tertiary/aromatic N) is 1. The maximum Gasteiger partial charge on any atom is 0.0957 e. The van der Waals surface area contributed by atoms with Crippen molar-refractivity contribution in [3.63, 3.8) is 0 Å². The lowest BCUT2D eigenvalue weighted by atomic mass is 10.1. The van der Waals surface area contributed by atoms with Crippen LogP contribution >= 0.6 is 11.8 Å². The molecule has 0 aromatic heterocycles. The smallest absolute Gasteiger partial charge is 0.0957 e. The Balaban J connectivity index is 1.96. The Hall–Kier alpha value is -0.180. The summed E-state index contributed by atoms with van der Waals surface area (Å²) in [6, 6.07) is 0. The minimum absolute atomic E-state index is 0.880. The Kier molecular flexibility index (Phi) is 6.90. The molecule has 0 radical (unpaired) electrons. The van der Waals surface area contributed by atoms with Crippen LogP contribution < -0.4 is 0 Å². The Labute approximate surface area is 98.3 Å². The molecular weight excluding hydrogens is 204 g/mol. The van der Waals surface area contributed by atoms with Crippen molar-refractivity contribution < 1.29 is 0 Å². The van der Waals surface area contributed by atoms with E-state index < -0.39 is 0 Å². The maximum atomic E-state index is 7.81. The van der Waals surface area contributed by atoms with Gasteiger partial charge < -0.3 is 4.90 Å². The molecule has 0 aromatic carbocycles. The summed E-state index contributed by atoms with van der Waals surface area (Å²) in [5, 5.41) is 7.81. The molecule has 0 aromatic rings. The van der Waals surface area contributed by atoms with E-state index in [2.05, 4.69) is 11.2 Å². The second-order valence-electron chi connectivity index (χ2n) is 4.30. The number of likely N-dealkylation sites (tertiary alicyclic amines) is 1. The molecule has 1 heterocycles. The SMILES string of the molecule is CSCCCCCCN1CCCCC1=N. The van der Waals surface area contributed by atoms with Gasteiger partial charge in [-0.05, 0) is 37.7 Å². The Bertz CT molecular complexity index is 182. The van der Waals surface area contributed by atoms with Crippen molar-refractivity contribution >= 4 is 17.6 Å². The molecule has 3 heteroatoms. The second kappa shape index (κ2) is 8.03. The lowest BCUT2D eigenvalue weighted by molar-refractivity contribution is 0.356. The van der Waals surface area contributed by atoms with Gasteiger partial charge in [-0.15, -0.1) is 0 Å². The van der Waals surface area contributed by atoms with Gasteiger partial charge in [0.1, 0.15) is 0 Å². The molecule has 2 nitrogen and oxygen atoms in total. The molecule has 1 saturated heterocycles. The van der Waals surface area contributed by atoms with Crippen LogP contribution in [0.25, 0.3) is 0 Å². The van der Waals surface area contributed by atoms with E-state index in [-0.39, 0.29) is 0 Å². The second-order valence-corrected chi connectivity index (χ2v) is 5.28. The van der Waals surface area contributed by atoms with E-state index in [4.69, 9.17) is 5.41 Å². The summed E-state index contributed by atoms with van der Waals surface area (Å²) in [6.07, 6.45) is 11.0. The third-order valence-electron chi connectivity index (χ3n) is 3.00. The predicted molar refractivity (Wildman–Crippen MR) is 70.0 cm³/mol. The zero-order chi connectivity index (χ0) is 10.9. The summed E-state index contributed by atoms with van der Waals surface area (Å²) in [4.78, 5) is 2.28. The number of thioether (sulfide) groups is 1. The van der Waals surface area contributed by atoms with Gasteiger partial charge in [0.25, 0.3) is 0 Å². The van der Waals surface area contributed by atoms with Gasteiger partial charge in [0.15, 0.2) is 0 Å². The van der Waals surface area contributed by atoms with Gasteiger partial charge in [0.05, 0.1) is 5.84 Å². The minimum Gasteiger partial charge on any atom is -0.361 e. The third-order valence-corrected chi connectivity index (χ3v) is 3.70. The number of nitrogens with one attached hydrogen (secondary N) is 1. The first kappa shape index (κ1) is 12.9. The van der Waals surface area contributed by atoms with Crippen LogP contribution in [0.2, 0.25) is 0 Å². The van der Waals surface area contributed by atoms with E-state index in [1.165, 1.54) is 44.3 Å². The number of hydrogen-bond acceptors (Lipinski definition) is 2. The Morgan fingerprint density at radius 2 is 2.00 bits per heavy atom. The maximum absolute atomic E-state index is 7.81. The predicted octanol–water partition coefficient (Wildman–Crippen LogP) is 3.37. The lowest BCUT2D eigenvalue weighted by Crippen LogP contribution is -2.35. The molecule has 1 rings (SSSR count). The average molecular weight is 228 g/mol. The van der Waals surface area contributed by atoms with Crippen LogP contribution in [0.1, 0.15) is 44.9 Å². The van der Waals surface area contributed by atoms with E-state index in [0.717, 1.165) is 25.3 Å². The first-order chi connectivity index (χ1) is 7.34. The highest BCUT2D eigenvalue weighted by Gasteiger charge is 2.13. The molecular formula is C12H24N2S. The fraction of sp³-hybridized carbons (Fsp3) is 0.917. The van der Waals surface area contributed by atoms with Gasteiger partial charge >= 0.3 is 0 Å². The molecule has 1 aliphatic rings. The van der Waals surface area contributed by atoms with Crippen LogP contribution in [0.4, 0.5) is 0 Å². The first-order valence-electron chi connectivity index (χ1n) is 6.16. The molecule has 0 bridgehead atoms. The van der Waals surface area contributed by atoms with Gasteiger partial charge in [-0.1, -0.05) is 12.8 Å². The molecule has 1 N–H and O–H groups in total. The van der Waals surface area contributed by atoms with E-state index in [0.29, 0.717) is 0 Å². The van der Waals surface area contributed by atoms with Crippen LogP contribution in [-0.2, 0) is 0 Å². The van der Waals surface area contributed by atoms with Crippen LogP contribution in [0.5, 0.6) is 0 Å². The van der Waals surface area contributed by atoms with Crippen molar-refractivity contribution in [3.8, 4) is 0 Å². The Morgan fingerprint density at radius 1 is 1.20 bits per heavy atom. The molecule has 0 atom stereocenters. The summed E-state index contributed by atoms with van der Waals surface area (Å²) in [5.41, 5.74) is 0. The zero-order valence-corrected chi connectivity index (χ0v) is 10.7. The molecule has 0 unspecified atom stereocenters. The lowest BCUT2D eigenvalue weighted by Gasteiger charge is -2.29. The first-order valence-corrected chi connectivity index (χ1v) is 7.55. The van der Waals surface area contributed by atoms with Crippen molar-refractivity contribution in [2.24, 2.45) is 0 Å². The molecule has 1 fully saturated rings. The largest absolute Gasteiger partial charge is 0.361 e. The van der Waals surface area contributed by atoms with E-state index in [1.54, 1.807) is 0 Å². The highest BCUT2D eigenvalue weighted by atomic mass is 32.2. The minimum atomic E-state index is 0.880. The molecule has 88 valence electrons. The average Bonchev–Trinajstić information content (AvgIpc) is 2.25. The van der Waals surface area contributed by atoms with Gasteiger partial charge in [0.2, 0.25) is 0 Å². The number of hydrogen-bond donors (Lipinski definition) is 1. The van der Waals surface area contributed by atoms with Gasteiger partial charge in [-0.25, -0.2) is 0 Å². The summed E-state index contributed by atoms with van der Waals surface area (Å²) in [7, 11) is 0. The van der Waals surface area contributed by atoms with E-state index >= 15 is 0 Å². The monoisotopic (exact) mass is 228 g/mol. The molecule has 0 spiro atoms. The van der Waals surface area contributed by atoms with E-state index in [9.17, 15) is 0 Å². The van der Waals surface area contributed by atoms with Crippen LogP contribution in [0, 0.1) is 5.41 Å². The van der Waals surface area contributed by atoms with E-state index in [1.807, 2.05) is 11.8 Å². The molecule has 15 heavy (non-hydrogen) atoms. The summed E-state index contributed by atoms with van der Waals surface area (Å²) >= 11 is 1.94. The summed E-state index contributed by atoms with van der Waals surface area (Å²) < 4.78 is 0. The van der Waals surface area contributed by atoms with Crippen molar-refractivity contribution in [2.45, 2.75) is 44.9 Å². The quantitative estimate of drug-likeness (QED) is 0.676. The van der Waals surface area contributed by atoms with Gasteiger partial charge in [0, 0.05) is 19.5 Å². The van der Waals surface area contributed by atoms with Gasteiger partial charge in [-0.2, -0.15) is 11.8 Å². The highest BCUT2D eigenvalue weighted by Crippen LogP contribution is 2.12. The third kappa shape index (κ3) is 5.45. The molecule has 0 saturated carbocycles. The van der Waals surface area contributed by atoms with Crippen molar-refractivity contribution in [1.29, 1.82) is 5.41 Å².